The van der Waals surface area contributed by atoms with Crippen molar-refractivity contribution < 1.29 is 29.6 Å². The SMILES string of the molecule is COc1cc(CO)cc(I)c1O[C@H]1C=C(C(=O)NCCO)C[C@@H](NCCc2c[nH]c3ccccc23)[C@@H]1O. The molecule has 1 amide bonds. The van der Waals surface area contributed by atoms with Crippen LogP contribution in [0.25, 0.3) is 10.9 Å². The zero-order valence-corrected chi connectivity index (χ0v) is 22.7. The minimum atomic E-state index is -0.935. The molecular formula is C27H32IN3O6. The smallest absolute Gasteiger partial charge is 0.247 e. The summed E-state index contributed by atoms with van der Waals surface area (Å²) in [7, 11) is 1.51. The minimum absolute atomic E-state index is 0.136. The summed E-state index contributed by atoms with van der Waals surface area (Å²) in [4.78, 5) is 16.1. The van der Waals surface area contributed by atoms with E-state index in [-0.39, 0.29) is 25.7 Å². The van der Waals surface area contributed by atoms with Crippen LogP contribution in [0.15, 0.2) is 54.2 Å². The summed E-state index contributed by atoms with van der Waals surface area (Å²) >= 11 is 2.09. The molecule has 1 aromatic heterocycles. The van der Waals surface area contributed by atoms with Gasteiger partial charge in [0, 0.05) is 35.3 Å². The first-order valence-corrected chi connectivity index (χ1v) is 13.2. The molecule has 0 aliphatic heterocycles. The lowest BCUT2D eigenvalue weighted by atomic mass is 9.89. The zero-order chi connectivity index (χ0) is 26.4. The number of para-hydroxylation sites is 1. The van der Waals surface area contributed by atoms with Gasteiger partial charge in [-0.15, -0.1) is 0 Å². The number of aliphatic hydroxyl groups excluding tert-OH is 3. The van der Waals surface area contributed by atoms with Crippen molar-refractivity contribution >= 4 is 39.4 Å². The Bertz CT molecular complexity index is 1260. The molecule has 198 valence electrons. The Balaban J connectivity index is 1.53. The van der Waals surface area contributed by atoms with Gasteiger partial charge in [0.2, 0.25) is 5.91 Å². The van der Waals surface area contributed by atoms with Crippen LogP contribution in [0.1, 0.15) is 17.5 Å². The molecule has 1 heterocycles. The second kappa shape index (κ2) is 12.7. The molecule has 1 aliphatic rings. The van der Waals surface area contributed by atoms with Crippen molar-refractivity contribution in [3.05, 3.63) is 68.9 Å². The number of hydrogen-bond acceptors (Lipinski definition) is 7. The highest BCUT2D eigenvalue weighted by molar-refractivity contribution is 14.1. The average molecular weight is 621 g/mol. The topological polar surface area (TPSA) is 136 Å². The van der Waals surface area contributed by atoms with Gasteiger partial charge in [0.05, 0.1) is 23.9 Å². The summed E-state index contributed by atoms with van der Waals surface area (Å²) in [5.41, 5.74) is 3.38. The summed E-state index contributed by atoms with van der Waals surface area (Å²) in [6.45, 7) is 0.418. The quantitative estimate of drug-likeness (QED) is 0.181. The molecule has 0 saturated heterocycles. The molecule has 1 aliphatic carbocycles. The van der Waals surface area contributed by atoms with E-state index in [2.05, 4.69) is 44.3 Å². The summed E-state index contributed by atoms with van der Waals surface area (Å²) in [5, 5.41) is 37.2. The Hall–Kier alpha value is -2.64. The molecule has 0 spiro atoms. The highest BCUT2D eigenvalue weighted by Gasteiger charge is 2.36. The number of carbonyl (C=O) groups is 1. The van der Waals surface area contributed by atoms with E-state index in [1.807, 2.05) is 24.4 Å². The van der Waals surface area contributed by atoms with Crippen molar-refractivity contribution in [1.82, 2.24) is 15.6 Å². The van der Waals surface area contributed by atoms with Crippen molar-refractivity contribution in [2.45, 2.75) is 37.7 Å². The maximum absolute atomic E-state index is 12.8. The van der Waals surface area contributed by atoms with Crippen LogP contribution in [-0.2, 0) is 17.8 Å². The van der Waals surface area contributed by atoms with Crippen LogP contribution in [0, 0.1) is 3.57 Å². The third kappa shape index (κ3) is 6.44. The fourth-order valence-corrected chi connectivity index (χ4v) is 5.34. The number of aromatic nitrogens is 1. The largest absolute Gasteiger partial charge is 0.493 e. The molecule has 4 rings (SSSR count). The molecule has 3 atom stereocenters. The van der Waals surface area contributed by atoms with E-state index in [9.17, 15) is 15.0 Å². The second-order valence-electron chi connectivity index (χ2n) is 8.89. The van der Waals surface area contributed by atoms with Gasteiger partial charge in [0.1, 0.15) is 12.2 Å². The third-order valence-corrected chi connectivity index (χ3v) is 7.25. The number of benzene rings is 2. The molecule has 0 saturated carbocycles. The van der Waals surface area contributed by atoms with Crippen LogP contribution in [0.2, 0.25) is 0 Å². The molecule has 10 heteroatoms. The summed E-state index contributed by atoms with van der Waals surface area (Å²) in [6.07, 6.45) is 2.91. The number of carbonyl (C=O) groups excluding carboxylic acids is 1. The van der Waals surface area contributed by atoms with Crippen LogP contribution in [-0.4, -0.2) is 71.3 Å². The van der Waals surface area contributed by atoms with E-state index in [0.29, 0.717) is 39.2 Å². The monoisotopic (exact) mass is 621 g/mol. The molecule has 37 heavy (non-hydrogen) atoms. The van der Waals surface area contributed by atoms with Crippen LogP contribution in [0.3, 0.4) is 0 Å². The molecule has 9 nitrogen and oxygen atoms in total. The second-order valence-corrected chi connectivity index (χ2v) is 10.0. The number of aliphatic hydroxyl groups is 3. The molecule has 6 N–H and O–H groups in total. The Labute approximate surface area is 229 Å². The number of H-pyrrole nitrogens is 1. The number of aromatic amines is 1. The van der Waals surface area contributed by atoms with E-state index in [1.54, 1.807) is 18.2 Å². The van der Waals surface area contributed by atoms with Crippen LogP contribution in [0.4, 0.5) is 0 Å². The highest BCUT2D eigenvalue weighted by Crippen LogP contribution is 2.36. The highest BCUT2D eigenvalue weighted by atomic mass is 127. The molecule has 0 fully saturated rings. The maximum Gasteiger partial charge on any atom is 0.247 e. The van der Waals surface area contributed by atoms with Gasteiger partial charge in [-0.1, -0.05) is 18.2 Å². The normalized spacial score (nSPS) is 19.5. The fraction of sp³-hybridized carbons (Fsp3) is 0.370. The molecule has 0 unspecified atom stereocenters. The number of fused-ring (bicyclic) bond motifs is 1. The molecular weight excluding hydrogens is 589 g/mol. The molecule has 3 aromatic rings. The Morgan fingerprint density at radius 3 is 2.78 bits per heavy atom. The average Bonchev–Trinajstić information content (AvgIpc) is 3.32. The minimum Gasteiger partial charge on any atom is -0.493 e. The Morgan fingerprint density at radius 1 is 1.22 bits per heavy atom. The van der Waals surface area contributed by atoms with Crippen molar-refractivity contribution in [1.29, 1.82) is 0 Å². The van der Waals surface area contributed by atoms with Gasteiger partial charge < -0.3 is 40.4 Å². The lowest BCUT2D eigenvalue weighted by molar-refractivity contribution is -0.118. The number of nitrogens with one attached hydrogen (secondary N) is 3. The number of halogens is 1. The first kappa shape index (κ1) is 27.4. The van der Waals surface area contributed by atoms with Gasteiger partial charge in [-0.3, -0.25) is 4.79 Å². The van der Waals surface area contributed by atoms with Crippen LogP contribution < -0.4 is 20.1 Å². The van der Waals surface area contributed by atoms with Gasteiger partial charge >= 0.3 is 0 Å². The van der Waals surface area contributed by atoms with Crippen molar-refractivity contribution in [2.24, 2.45) is 0 Å². The first-order chi connectivity index (χ1) is 17.9. The van der Waals surface area contributed by atoms with E-state index in [4.69, 9.17) is 14.6 Å². The number of amides is 1. The predicted octanol–water partition coefficient (Wildman–Crippen LogP) is 2.02. The lowest BCUT2D eigenvalue weighted by Gasteiger charge is -2.34. The maximum atomic E-state index is 12.8. The summed E-state index contributed by atoms with van der Waals surface area (Å²) in [5.74, 6) is 0.544. The molecule has 0 bridgehead atoms. The zero-order valence-electron chi connectivity index (χ0n) is 20.5. The Kier molecular flexibility index (Phi) is 9.43. The molecule has 0 radical (unpaired) electrons. The number of ether oxygens (including phenoxy) is 2. The van der Waals surface area contributed by atoms with Gasteiger partial charge in [-0.2, -0.15) is 0 Å². The third-order valence-electron chi connectivity index (χ3n) is 6.44. The number of hydrogen-bond donors (Lipinski definition) is 6. The fourth-order valence-electron chi connectivity index (χ4n) is 4.55. The van der Waals surface area contributed by atoms with E-state index in [0.717, 1.165) is 17.3 Å². The lowest BCUT2D eigenvalue weighted by Crippen LogP contribution is -2.52. The number of methoxy groups -OCH3 is 1. The van der Waals surface area contributed by atoms with E-state index >= 15 is 0 Å². The standard InChI is InChI=1S/C27H32IN3O6/c1-36-24-11-16(15-33)10-20(28)26(24)37-23-13-18(27(35)30-8-9-32)12-22(25(23)34)29-7-6-17-14-31-21-5-3-2-4-19(17)21/h2-5,10-11,13-14,22-23,25,29,31-34H,6-9,12,15H2,1H3,(H,30,35)/t22-,23+,25+/m1/s1. The van der Waals surface area contributed by atoms with E-state index < -0.39 is 18.2 Å². The van der Waals surface area contributed by atoms with Gasteiger partial charge in [0.25, 0.3) is 0 Å². The number of rotatable bonds is 11. The van der Waals surface area contributed by atoms with Crippen molar-refractivity contribution in [2.75, 3.05) is 26.8 Å². The van der Waals surface area contributed by atoms with Crippen molar-refractivity contribution in [3.63, 3.8) is 0 Å². The predicted molar refractivity (Wildman–Crippen MR) is 149 cm³/mol. The van der Waals surface area contributed by atoms with Gasteiger partial charge in [0.15, 0.2) is 11.5 Å². The summed E-state index contributed by atoms with van der Waals surface area (Å²) in [6, 6.07) is 11.1. The van der Waals surface area contributed by atoms with Crippen LogP contribution in [0.5, 0.6) is 11.5 Å². The van der Waals surface area contributed by atoms with Crippen molar-refractivity contribution in [3.8, 4) is 11.5 Å². The van der Waals surface area contributed by atoms with Crippen LogP contribution >= 0.6 is 22.6 Å². The van der Waals surface area contributed by atoms with E-state index in [1.165, 1.54) is 12.7 Å². The summed E-state index contributed by atoms with van der Waals surface area (Å²) < 4.78 is 12.4. The first-order valence-electron chi connectivity index (χ1n) is 12.1. The Morgan fingerprint density at radius 2 is 2.03 bits per heavy atom. The van der Waals surface area contributed by atoms with Gasteiger partial charge in [-0.05, 0) is 77.4 Å². The van der Waals surface area contributed by atoms with Gasteiger partial charge in [-0.25, -0.2) is 0 Å². The molecule has 2 aromatic carbocycles.